The van der Waals surface area contributed by atoms with E-state index in [1.165, 1.54) is 6.20 Å². The van der Waals surface area contributed by atoms with Gasteiger partial charge < -0.3 is 10.7 Å². The summed E-state index contributed by atoms with van der Waals surface area (Å²) in [6.07, 6.45) is 1.54. The van der Waals surface area contributed by atoms with E-state index in [1.54, 1.807) is 12.1 Å². The molecule has 0 aliphatic carbocycles. The molecule has 0 aliphatic heterocycles. The molecular weight excluding hydrogens is 262 g/mol. The van der Waals surface area contributed by atoms with E-state index >= 15 is 0 Å². The first-order valence-corrected chi connectivity index (χ1v) is 5.93. The maximum absolute atomic E-state index is 13.3. The van der Waals surface area contributed by atoms with Crippen molar-refractivity contribution in [1.29, 1.82) is 0 Å². The average Bonchev–Trinajstić information content (AvgIpc) is 2.86. The molecule has 100 valence electrons. The Bertz CT molecular complexity index is 824. The lowest BCUT2D eigenvalue weighted by Crippen LogP contribution is -2.06. The molecule has 0 atom stereocenters. The van der Waals surface area contributed by atoms with E-state index in [-0.39, 0.29) is 11.3 Å². The summed E-state index contributed by atoms with van der Waals surface area (Å²) >= 11 is 0. The minimum atomic E-state index is -1.10. The van der Waals surface area contributed by atoms with Crippen LogP contribution in [0, 0.1) is 11.6 Å². The minimum Gasteiger partial charge on any atom is -0.398 e. The molecule has 5 heteroatoms. The first kappa shape index (κ1) is 12.3. The topological polar surface area (TPSA) is 58.9 Å². The van der Waals surface area contributed by atoms with E-state index in [2.05, 4.69) is 4.98 Å². The van der Waals surface area contributed by atoms with Crippen LogP contribution in [0.5, 0.6) is 0 Å². The van der Waals surface area contributed by atoms with Gasteiger partial charge in [0.05, 0.1) is 0 Å². The number of nitrogens with two attached hydrogens (primary N) is 1. The number of carbonyl (C=O) groups excluding carboxylic acids is 1. The zero-order valence-corrected chi connectivity index (χ0v) is 10.3. The van der Waals surface area contributed by atoms with Gasteiger partial charge >= 0.3 is 0 Å². The molecule has 0 amide bonds. The highest BCUT2D eigenvalue weighted by atomic mass is 19.2. The van der Waals surface area contributed by atoms with Crippen LogP contribution in [0.4, 0.5) is 14.5 Å². The third-order valence-electron chi connectivity index (χ3n) is 3.17. The van der Waals surface area contributed by atoms with Crippen molar-refractivity contribution in [2.45, 2.75) is 0 Å². The number of halogens is 2. The lowest BCUT2D eigenvalue weighted by molar-refractivity contribution is 0.104. The fourth-order valence-electron chi connectivity index (χ4n) is 2.16. The van der Waals surface area contributed by atoms with Crippen LogP contribution in [0.3, 0.4) is 0 Å². The highest BCUT2D eigenvalue weighted by molar-refractivity contribution is 6.18. The Morgan fingerprint density at radius 3 is 2.55 bits per heavy atom. The SMILES string of the molecule is Nc1cc(F)c(F)cc1C(=O)c1c[nH]c2ccccc12. The number of nitrogens with one attached hydrogen (secondary N) is 1. The molecule has 20 heavy (non-hydrogen) atoms. The van der Waals surface area contributed by atoms with Crippen LogP contribution >= 0.6 is 0 Å². The Kier molecular flexibility index (Phi) is 2.75. The molecule has 0 fully saturated rings. The maximum Gasteiger partial charge on any atom is 0.197 e. The first-order chi connectivity index (χ1) is 9.58. The number of aromatic nitrogens is 1. The van der Waals surface area contributed by atoms with Crippen molar-refractivity contribution in [3.8, 4) is 0 Å². The van der Waals surface area contributed by atoms with Crippen LogP contribution in [-0.4, -0.2) is 10.8 Å². The van der Waals surface area contributed by atoms with Gasteiger partial charge in [-0.3, -0.25) is 4.79 Å². The number of H-pyrrole nitrogens is 1. The summed E-state index contributed by atoms with van der Waals surface area (Å²) in [7, 11) is 0. The molecule has 0 unspecified atom stereocenters. The van der Waals surface area contributed by atoms with Crippen molar-refractivity contribution < 1.29 is 13.6 Å². The Labute approximate surface area is 113 Å². The molecule has 0 saturated heterocycles. The predicted molar refractivity (Wildman–Crippen MR) is 72.5 cm³/mol. The number of para-hydroxylation sites is 1. The normalized spacial score (nSPS) is 10.9. The zero-order chi connectivity index (χ0) is 14.3. The maximum atomic E-state index is 13.3. The Hall–Kier alpha value is -2.69. The van der Waals surface area contributed by atoms with E-state index in [0.717, 1.165) is 17.6 Å². The monoisotopic (exact) mass is 272 g/mol. The number of ketones is 1. The number of aromatic amines is 1. The number of hydrogen-bond donors (Lipinski definition) is 2. The van der Waals surface area contributed by atoms with Gasteiger partial charge in [-0.25, -0.2) is 8.78 Å². The molecular formula is C15H10F2N2O. The molecule has 3 N–H and O–H groups in total. The van der Waals surface area contributed by atoms with Crippen LogP contribution in [0.15, 0.2) is 42.6 Å². The van der Waals surface area contributed by atoms with Crippen molar-refractivity contribution in [3.05, 3.63) is 65.4 Å². The number of fused-ring (bicyclic) bond motifs is 1. The molecule has 1 heterocycles. The van der Waals surface area contributed by atoms with Crippen molar-refractivity contribution in [2.75, 3.05) is 5.73 Å². The quantitative estimate of drug-likeness (QED) is 0.555. The van der Waals surface area contributed by atoms with E-state index in [1.807, 2.05) is 12.1 Å². The summed E-state index contributed by atoms with van der Waals surface area (Å²) in [6, 6.07) is 8.86. The van der Waals surface area contributed by atoms with Gasteiger partial charge in [-0.05, 0) is 12.1 Å². The van der Waals surface area contributed by atoms with Gasteiger partial charge in [-0.2, -0.15) is 0 Å². The average molecular weight is 272 g/mol. The summed E-state index contributed by atoms with van der Waals surface area (Å²) in [6.45, 7) is 0. The third kappa shape index (κ3) is 1.84. The first-order valence-electron chi connectivity index (χ1n) is 5.93. The van der Waals surface area contributed by atoms with Crippen LogP contribution in [0.25, 0.3) is 10.9 Å². The molecule has 3 nitrogen and oxygen atoms in total. The lowest BCUT2D eigenvalue weighted by atomic mass is 10.0. The largest absolute Gasteiger partial charge is 0.398 e. The molecule has 0 radical (unpaired) electrons. The van der Waals surface area contributed by atoms with Crippen molar-refractivity contribution in [2.24, 2.45) is 0 Å². The number of carbonyl (C=O) groups is 1. The van der Waals surface area contributed by atoms with Gasteiger partial charge in [0.1, 0.15) is 0 Å². The van der Waals surface area contributed by atoms with E-state index in [9.17, 15) is 13.6 Å². The lowest BCUT2D eigenvalue weighted by Gasteiger charge is -2.05. The second-order valence-electron chi connectivity index (χ2n) is 4.43. The molecule has 0 bridgehead atoms. The van der Waals surface area contributed by atoms with Gasteiger partial charge in [0.25, 0.3) is 0 Å². The minimum absolute atomic E-state index is 0.0475. The van der Waals surface area contributed by atoms with Gasteiger partial charge in [0.15, 0.2) is 17.4 Å². The zero-order valence-electron chi connectivity index (χ0n) is 10.3. The molecule has 3 aromatic rings. The van der Waals surface area contributed by atoms with Crippen LogP contribution in [-0.2, 0) is 0 Å². The van der Waals surface area contributed by atoms with Crippen LogP contribution < -0.4 is 5.73 Å². The van der Waals surface area contributed by atoms with Crippen molar-refractivity contribution >= 4 is 22.4 Å². The highest BCUT2D eigenvalue weighted by Gasteiger charge is 2.18. The highest BCUT2D eigenvalue weighted by Crippen LogP contribution is 2.25. The van der Waals surface area contributed by atoms with Crippen molar-refractivity contribution in [3.63, 3.8) is 0 Å². The molecule has 0 aliphatic rings. The Morgan fingerprint density at radius 1 is 1.05 bits per heavy atom. The number of hydrogen-bond acceptors (Lipinski definition) is 2. The van der Waals surface area contributed by atoms with Gasteiger partial charge in [-0.1, -0.05) is 18.2 Å². The fraction of sp³-hybridized carbons (Fsp3) is 0. The number of benzene rings is 2. The predicted octanol–water partition coefficient (Wildman–Crippen LogP) is 3.26. The van der Waals surface area contributed by atoms with Gasteiger partial charge in [0, 0.05) is 40.0 Å². The second kappa shape index (κ2) is 4.45. The van der Waals surface area contributed by atoms with E-state index in [0.29, 0.717) is 10.9 Å². The molecule has 3 rings (SSSR count). The standard InChI is InChI=1S/C15H10F2N2O/c16-11-5-9(13(18)6-12(11)17)15(20)10-7-19-14-4-2-1-3-8(10)14/h1-7,19H,18H2. The van der Waals surface area contributed by atoms with E-state index in [4.69, 9.17) is 5.73 Å². The number of anilines is 1. The Balaban J connectivity index is 2.16. The second-order valence-corrected chi connectivity index (χ2v) is 4.43. The summed E-state index contributed by atoms with van der Waals surface area (Å²) in [5, 5.41) is 0.710. The van der Waals surface area contributed by atoms with Crippen LogP contribution in [0.2, 0.25) is 0 Å². The molecule has 1 aromatic heterocycles. The van der Waals surface area contributed by atoms with E-state index < -0.39 is 17.4 Å². The summed E-state index contributed by atoms with van der Waals surface area (Å²) < 4.78 is 26.3. The van der Waals surface area contributed by atoms with Gasteiger partial charge in [0.2, 0.25) is 0 Å². The molecule has 0 spiro atoms. The summed E-state index contributed by atoms with van der Waals surface area (Å²) in [5.41, 5.74) is 6.63. The number of nitrogen functional groups attached to an aromatic ring is 1. The Morgan fingerprint density at radius 2 is 1.75 bits per heavy atom. The third-order valence-corrected chi connectivity index (χ3v) is 3.17. The summed E-state index contributed by atoms with van der Waals surface area (Å²) in [5.74, 6) is -2.61. The van der Waals surface area contributed by atoms with Crippen LogP contribution in [0.1, 0.15) is 15.9 Å². The van der Waals surface area contributed by atoms with Crippen molar-refractivity contribution in [1.82, 2.24) is 4.98 Å². The molecule has 2 aromatic carbocycles. The number of rotatable bonds is 2. The summed E-state index contributed by atoms with van der Waals surface area (Å²) in [4.78, 5) is 15.4. The van der Waals surface area contributed by atoms with Gasteiger partial charge in [-0.15, -0.1) is 0 Å². The smallest absolute Gasteiger partial charge is 0.197 e. The fourth-order valence-corrected chi connectivity index (χ4v) is 2.16. The molecule has 0 saturated carbocycles.